The van der Waals surface area contributed by atoms with Gasteiger partial charge in [-0.25, -0.2) is 0 Å². The number of aliphatic carboxylic acids is 1. The molecule has 3 heteroatoms. The molecule has 2 N–H and O–H groups in total. The minimum Gasteiger partial charge on any atom is -0.481 e. The Morgan fingerprint density at radius 1 is 1.20 bits per heavy atom. The minimum absolute atomic E-state index is 0.0637. The summed E-state index contributed by atoms with van der Waals surface area (Å²) in [6.45, 7) is -0.0637. The molecule has 0 saturated heterocycles. The number of carbonyl (C=O) groups is 1. The van der Waals surface area contributed by atoms with Gasteiger partial charge in [0.05, 0.1) is 5.92 Å². The van der Waals surface area contributed by atoms with E-state index in [4.69, 9.17) is 10.2 Å². The lowest BCUT2D eigenvalue weighted by Gasteiger charge is -2.10. The number of aliphatic hydroxyl groups excluding tert-OH is 1. The van der Waals surface area contributed by atoms with Crippen LogP contribution in [0.4, 0.5) is 0 Å². The van der Waals surface area contributed by atoms with Gasteiger partial charge in [-0.1, -0.05) is 30.3 Å². The number of hydrogen-bond acceptors (Lipinski definition) is 2. The monoisotopic (exact) mass is 208 g/mol. The molecule has 0 saturated carbocycles. The summed E-state index contributed by atoms with van der Waals surface area (Å²) in [4.78, 5) is 10.8. The van der Waals surface area contributed by atoms with Gasteiger partial charge in [0.1, 0.15) is 0 Å². The third kappa shape index (κ3) is 4.13. The molecule has 0 spiro atoms. The van der Waals surface area contributed by atoms with Crippen LogP contribution in [0.2, 0.25) is 0 Å². The molecule has 3 nitrogen and oxygen atoms in total. The van der Waals surface area contributed by atoms with Crippen LogP contribution in [0, 0.1) is 5.92 Å². The zero-order valence-corrected chi connectivity index (χ0v) is 8.60. The topological polar surface area (TPSA) is 57.5 Å². The highest BCUT2D eigenvalue weighted by molar-refractivity contribution is 5.69. The molecule has 0 bridgehead atoms. The molecule has 0 heterocycles. The SMILES string of the molecule is O=C(O)C(CCO)CCc1ccccc1. The zero-order chi connectivity index (χ0) is 11.1. The molecule has 1 aromatic carbocycles. The summed E-state index contributed by atoms with van der Waals surface area (Å²) in [6, 6.07) is 9.79. The Bertz CT molecular complexity index is 295. The maximum atomic E-state index is 10.8. The van der Waals surface area contributed by atoms with Gasteiger partial charge < -0.3 is 10.2 Å². The van der Waals surface area contributed by atoms with E-state index >= 15 is 0 Å². The van der Waals surface area contributed by atoms with Crippen molar-refractivity contribution in [1.29, 1.82) is 0 Å². The Morgan fingerprint density at radius 3 is 2.40 bits per heavy atom. The lowest BCUT2D eigenvalue weighted by molar-refractivity contribution is -0.142. The summed E-state index contributed by atoms with van der Waals surface area (Å²) < 4.78 is 0. The fraction of sp³-hybridized carbons (Fsp3) is 0.417. The number of aliphatic hydroxyl groups is 1. The van der Waals surface area contributed by atoms with E-state index in [9.17, 15) is 4.79 Å². The van der Waals surface area contributed by atoms with Crippen LogP contribution >= 0.6 is 0 Å². The smallest absolute Gasteiger partial charge is 0.306 e. The summed E-state index contributed by atoms with van der Waals surface area (Å²) in [6.07, 6.45) is 1.67. The van der Waals surface area contributed by atoms with E-state index in [-0.39, 0.29) is 6.61 Å². The number of carboxylic acid groups (broad SMARTS) is 1. The van der Waals surface area contributed by atoms with Crippen LogP contribution < -0.4 is 0 Å². The molecule has 1 atom stereocenters. The Kier molecular flexibility index (Phi) is 4.84. The number of benzene rings is 1. The van der Waals surface area contributed by atoms with Crippen LogP contribution in [0.5, 0.6) is 0 Å². The van der Waals surface area contributed by atoms with Gasteiger partial charge in [0.2, 0.25) is 0 Å². The molecule has 0 aromatic heterocycles. The normalized spacial score (nSPS) is 12.3. The highest BCUT2D eigenvalue weighted by atomic mass is 16.4. The van der Waals surface area contributed by atoms with Crippen molar-refractivity contribution < 1.29 is 15.0 Å². The molecule has 0 aliphatic rings. The van der Waals surface area contributed by atoms with Crippen molar-refractivity contribution in [3.63, 3.8) is 0 Å². The molecule has 82 valence electrons. The van der Waals surface area contributed by atoms with Crippen molar-refractivity contribution in [2.75, 3.05) is 6.61 Å². The third-order valence-electron chi connectivity index (χ3n) is 2.45. The molecule has 0 aliphatic carbocycles. The van der Waals surface area contributed by atoms with Crippen LogP contribution in [0.1, 0.15) is 18.4 Å². The Labute approximate surface area is 89.4 Å². The van der Waals surface area contributed by atoms with Gasteiger partial charge in [0.25, 0.3) is 0 Å². The van der Waals surface area contributed by atoms with E-state index in [1.165, 1.54) is 0 Å². The molecule has 1 unspecified atom stereocenters. The van der Waals surface area contributed by atoms with E-state index in [0.29, 0.717) is 12.8 Å². The molecule has 1 rings (SSSR count). The second kappa shape index (κ2) is 6.19. The second-order valence-electron chi connectivity index (χ2n) is 3.57. The number of rotatable bonds is 6. The van der Waals surface area contributed by atoms with Crippen molar-refractivity contribution in [3.05, 3.63) is 35.9 Å². The molecule has 0 amide bonds. The van der Waals surface area contributed by atoms with Gasteiger partial charge in [0, 0.05) is 6.61 Å². The lowest BCUT2D eigenvalue weighted by atomic mass is 9.97. The summed E-state index contributed by atoms with van der Waals surface area (Å²) in [5.41, 5.74) is 1.14. The van der Waals surface area contributed by atoms with Gasteiger partial charge in [-0.05, 0) is 24.8 Å². The van der Waals surface area contributed by atoms with Gasteiger partial charge in [-0.15, -0.1) is 0 Å². The molecular weight excluding hydrogens is 192 g/mol. The standard InChI is InChI=1S/C12H16O3/c13-9-8-11(12(14)15)7-6-10-4-2-1-3-5-10/h1-5,11,13H,6-9H2,(H,14,15). The van der Waals surface area contributed by atoms with Crippen molar-refractivity contribution >= 4 is 5.97 Å². The molecule has 15 heavy (non-hydrogen) atoms. The van der Waals surface area contributed by atoms with Crippen molar-refractivity contribution in [1.82, 2.24) is 0 Å². The van der Waals surface area contributed by atoms with Crippen LogP contribution in [0.3, 0.4) is 0 Å². The first-order valence-corrected chi connectivity index (χ1v) is 5.11. The van der Waals surface area contributed by atoms with E-state index in [1.54, 1.807) is 0 Å². The molecule has 0 fully saturated rings. The van der Waals surface area contributed by atoms with Gasteiger partial charge >= 0.3 is 5.97 Å². The number of hydrogen-bond donors (Lipinski definition) is 2. The van der Waals surface area contributed by atoms with Gasteiger partial charge in [-0.3, -0.25) is 4.79 Å². The maximum absolute atomic E-state index is 10.8. The predicted molar refractivity (Wildman–Crippen MR) is 57.6 cm³/mol. The average molecular weight is 208 g/mol. The van der Waals surface area contributed by atoms with E-state index in [2.05, 4.69) is 0 Å². The second-order valence-corrected chi connectivity index (χ2v) is 3.57. The average Bonchev–Trinajstić information content (AvgIpc) is 2.25. The Morgan fingerprint density at radius 2 is 1.87 bits per heavy atom. The summed E-state index contributed by atoms with van der Waals surface area (Å²) >= 11 is 0. The first-order valence-electron chi connectivity index (χ1n) is 5.11. The fourth-order valence-corrected chi connectivity index (χ4v) is 1.53. The Hall–Kier alpha value is -1.35. The van der Waals surface area contributed by atoms with Crippen molar-refractivity contribution in [3.8, 4) is 0 Å². The van der Waals surface area contributed by atoms with E-state index < -0.39 is 11.9 Å². The van der Waals surface area contributed by atoms with Crippen LogP contribution in [0.15, 0.2) is 30.3 Å². The first-order chi connectivity index (χ1) is 7.24. The molecular formula is C12H16O3. The third-order valence-corrected chi connectivity index (χ3v) is 2.45. The van der Waals surface area contributed by atoms with Crippen molar-refractivity contribution in [2.24, 2.45) is 5.92 Å². The zero-order valence-electron chi connectivity index (χ0n) is 8.60. The van der Waals surface area contributed by atoms with Gasteiger partial charge in [-0.2, -0.15) is 0 Å². The summed E-state index contributed by atoms with van der Waals surface area (Å²) in [5.74, 6) is -1.25. The lowest BCUT2D eigenvalue weighted by Crippen LogP contribution is -2.16. The number of aryl methyl sites for hydroxylation is 1. The highest BCUT2D eigenvalue weighted by Gasteiger charge is 2.16. The van der Waals surface area contributed by atoms with Crippen LogP contribution in [-0.4, -0.2) is 22.8 Å². The highest BCUT2D eigenvalue weighted by Crippen LogP contribution is 2.13. The summed E-state index contributed by atoms with van der Waals surface area (Å²) in [5, 5.41) is 17.6. The van der Waals surface area contributed by atoms with Crippen LogP contribution in [0.25, 0.3) is 0 Å². The number of carboxylic acids is 1. The van der Waals surface area contributed by atoms with Crippen LogP contribution in [-0.2, 0) is 11.2 Å². The Balaban J connectivity index is 2.43. The molecule has 0 aliphatic heterocycles. The summed E-state index contributed by atoms with van der Waals surface area (Å²) in [7, 11) is 0. The first kappa shape index (κ1) is 11.7. The quantitative estimate of drug-likeness (QED) is 0.748. The van der Waals surface area contributed by atoms with Crippen molar-refractivity contribution in [2.45, 2.75) is 19.3 Å². The van der Waals surface area contributed by atoms with E-state index in [1.807, 2.05) is 30.3 Å². The maximum Gasteiger partial charge on any atom is 0.306 e. The largest absolute Gasteiger partial charge is 0.481 e. The molecule has 0 radical (unpaired) electrons. The predicted octanol–water partition coefficient (Wildman–Crippen LogP) is 1.70. The minimum atomic E-state index is -0.819. The molecule has 1 aromatic rings. The van der Waals surface area contributed by atoms with E-state index in [0.717, 1.165) is 12.0 Å². The fourth-order valence-electron chi connectivity index (χ4n) is 1.53. The van der Waals surface area contributed by atoms with Gasteiger partial charge in [0.15, 0.2) is 0 Å².